The first-order valence-electron chi connectivity index (χ1n) is 8.51. The van der Waals surface area contributed by atoms with E-state index in [4.69, 9.17) is 5.26 Å². The van der Waals surface area contributed by atoms with E-state index in [0.29, 0.717) is 11.1 Å². The SMILES string of the molecule is N#Cc1ccn(-c2ccc3c(c2F)c2ccccc2n3-c2ccccc2)n1. The molecule has 0 N–H and O–H groups in total. The minimum absolute atomic E-state index is 0.251. The van der Waals surface area contributed by atoms with E-state index in [9.17, 15) is 0 Å². The molecule has 0 aliphatic heterocycles. The van der Waals surface area contributed by atoms with E-state index in [0.717, 1.165) is 22.1 Å². The van der Waals surface area contributed by atoms with Gasteiger partial charge in [0, 0.05) is 22.7 Å². The van der Waals surface area contributed by atoms with Crippen molar-refractivity contribution in [3.63, 3.8) is 0 Å². The number of benzene rings is 3. The molecule has 4 nitrogen and oxygen atoms in total. The monoisotopic (exact) mass is 352 g/mol. The van der Waals surface area contributed by atoms with E-state index in [1.807, 2.05) is 66.7 Å². The molecule has 0 amide bonds. The van der Waals surface area contributed by atoms with Crippen molar-refractivity contribution in [1.29, 1.82) is 5.26 Å². The Morgan fingerprint density at radius 3 is 2.41 bits per heavy atom. The first-order chi connectivity index (χ1) is 13.3. The molecule has 0 aliphatic carbocycles. The fourth-order valence-electron chi connectivity index (χ4n) is 3.56. The van der Waals surface area contributed by atoms with Gasteiger partial charge >= 0.3 is 0 Å². The molecule has 5 heteroatoms. The number of nitrogens with zero attached hydrogens (tertiary/aromatic N) is 4. The molecule has 0 bridgehead atoms. The van der Waals surface area contributed by atoms with Gasteiger partial charge in [0.05, 0.1) is 11.0 Å². The van der Waals surface area contributed by atoms with Crippen LogP contribution in [0.15, 0.2) is 79.0 Å². The van der Waals surface area contributed by atoms with E-state index in [1.165, 1.54) is 4.68 Å². The van der Waals surface area contributed by atoms with Gasteiger partial charge in [0.1, 0.15) is 11.8 Å². The van der Waals surface area contributed by atoms with Crippen LogP contribution in [0.3, 0.4) is 0 Å². The smallest absolute Gasteiger partial charge is 0.162 e. The van der Waals surface area contributed by atoms with Gasteiger partial charge in [0.15, 0.2) is 11.5 Å². The van der Waals surface area contributed by atoms with Crippen molar-refractivity contribution < 1.29 is 4.39 Å². The topological polar surface area (TPSA) is 46.5 Å². The number of rotatable bonds is 2. The first kappa shape index (κ1) is 15.4. The third-order valence-electron chi connectivity index (χ3n) is 4.72. The summed E-state index contributed by atoms with van der Waals surface area (Å²) in [6.45, 7) is 0. The zero-order valence-electron chi connectivity index (χ0n) is 14.2. The van der Waals surface area contributed by atoms with Crippen LogP contribution in [-0.4, -0.2) is 14.3 Å². The van der Waals surface area contributed by atoms with Crippen molar-refractivity contribution in [2.45, 2.75) is 0 Å². The Hall–Kier alpha value is -3.91. The van der Waals surface area contributed by atoms with Crippen LogP contribution in [0.5, 0.6) is 0 Å². The Morgan fingerprint density at radius 2 is 1.63 bits per heavy atom. The minimum atomic E-state index is -0.356. The van der Waals surface area contributed by atoms with Crippen LogP contribution in [0.4, 0.5) is 4.39 Å². The van der Waals surface area contributed by atoms with Gasteiger partial charge in [-0.15, -0.1) is 0 Å². The number of hydrogen-bond acceptors (Lipinski definition) is 2. The maximum absolute atomic E-state index is 15.6. The van der Waals surface area contributed by atoms with Crippen LogP contribution in [0.2, 0.25) is 0 Å². The maximum atomic E-state index is 15.6. The summed E-state index contributed by atoms with van der Waals surface area (Å²) >= 11 is 0. The summed E-state index contributed by atoms with van der Waals surface area (Å²) in [5.41, 5.74) is 3.27. The van der Waals surface area contributed by atoms with Gasteiger partial charge in [-0.1, -0.05) is 36.4 Å². The van der Waals surface area contributed by atoms with Crippen molar-refractivity contribution in [3.05, 3.63) is 90.5 Å². The molecule has 0 radical (unpaired) electrons. The third-order valence-corrected chi connectivity index (χ3v) is 4.72. The van der Waals surface area contributed by atoms with Gasteiger partial charge < -0.3 is 4.57 Å². The summed E-state index contributed by atoms with van der Waals surface area (Å²) in [6.07, 6.45) is 1.60. The zero-order valence-corrected chi connectivity index (χ0v) is 14.2. The molecule has 5 aromatic rings. The van der Waals surface area contributed by atoms with E-state index in [2.05, 4.69) is 9.67 Å². The average molecular weight is 352 g/mol. The zero-order chi connectivity index (χ0) is 18.4. The molecular weight excluding hydrogens is 339 g/mol. The van der Waals surface area contributed by atoms with E-state index in [-0.39, 0.29) is 11.5 Å². The Morgan fingerprint density at radius 1 is 0.852 bits per heavy atom. The molecule has 0 spiro atoms. The molecule has 0 aliphatic rings. The van der Waals surface area contributed by atoms with Crippen LogP contribution < -0.4 is 0 Å². The molecule has 0 saturated heterocycles. The molecule has 0 atom stereocenters. The lowest BCUT2D eigenvalue weighted by Crippen LogP contribution is -2.00. The van der Waals surface area contributed by atoms with Crippen LogP contribution in [-0.2, 0) is 0 Å². The second-order valence-electron chi connectivity index (χ2n) is 6.24. The number of para-hydroxylation sites is 2. The summed E-state index contributed by atoms with van der Waals surface area (Å²) in [4.78, 5) is 0. The molecule has 3 aromatic carbocycles. The summed E-state index contributed by atoms with van der Waals surface area (Å²) < 4.78 is 19.0. The van der Waals surface area contributed by atoms with Gasteiger partial charge in [-0.25, -0.2) is 9.07 Å². The Kier molecular flexibility index (Phi) is 3.31. The van der Waals surface area contributed by atoms with Crippen LogP contribution in [0.1, 0.15) is 5.69 Å². The van der Waals surface area contributed by atoms with E-state index in [1.54, 1.807) is 18.3 Å². The molecule has 2 heterocycles. The van der Waals surface area contributed by atoms with Gasteiger partial charge in [-0.2, -0.15) is 10.4 Å². The highest BCUT2D eigenvalue weighted by Gasteiger charge is 2.18. The normalized spacial score (nSPS) is 11.1. The number of halogens is 1. The largest absolute Gasteiger partial charge is 0.309 e. The summed E-state index contributed by atoms with van der Waals surface area (Å²) in [5, 5.41) is 14.5. The van der Waals surface area contributed by atoms with Crippen molar-refractivity contribution >= 4 is 21.8 Å². The van der Waals surface area contributed by atoms with Crippen molar-refractivity contribution in [2.24, 2.45) is 0 Å². The summed E-state index contributed by atoms with van der Waals surface area (Å²) in [7, 11) is 0. The number of aromatic nitrogens is 3. The minimum Gasteiger partial charge on any atom is -0.309 e. The molecule has 2 aromatic heterocycles. The first-order valence-corrected chi connectivity index (χ1v) is 8.51. The highest BCUT2D eigenvalue weighted by atomic mass is 19.1. The van der Waals surface area contributed by atoms with Crippen LogP contribution in [0, 0.1) is 17.1 Å². The Labute approximate surface area is 154 Å². The molecule has 128 valence electrons. The maximum Gasteiger partial charge on any atom is 0.162 e. The quantitative estimate of drug-likeness (QED) is 0.450. The lowest BCUT2D eigenvalue weighted by molar-refractivity contribution is 0.623. The van der Waals surface area contributed by atoms with E-state index < -0.39 is 0 Å². The summed E-state index contributed by atoms with van der Waals surface area (Å²) in [6, 6.07) is 24.8. The third kappa shape index (κ3) is 2.24. The van der Waals surface area contributed by atoms with Crippen molar-refractivity contribution in [2.75, 3.05) is 0 Å². The predicted molar refractivity (Wildman–Crippen MR) is 103 cm³/mol. The highest BCUT2D eigenvalue weighted by molar-refractivity contribution is 6.10. The number of hydrogen-bond donors (Lipinski definition) is 0. The fraction of sp³-hybridized carbons (Fsp3) is 0. The van der Waals surface area contributed by atoms with E-state index >= 15 is 4.39 Å². The van der Waals surface area contributed by atoms with Gasteiger partial charge in [-0.05, 0) is 36.4 Å². The van der Waals surface area contributed by atoms with Crippen molar-refractivity contribution in [3.8, 4) is 17.4 Å². The second kappa shape index (κ2) is 5.82. The van der Waals surface area contributed by atoms with Gasteiger partial charge in [0.25, 0.3) is 0 Å². The molecule has 0 unspecified atom stereocenters. The molecule has 0 saturated carbocycles. The second-order valence-corrected chi connectivity index (χ2v) is 6.24. The van der Waals surface area contributed by atoms with Gasteiger partial charge in [-0.3, -0.25) is 0 Å². The number of nitriles is 1. The van der Waals surface area contributed by atoms with Crippen molar-refractivity contribution in [1.82, 2.24) is 14.3 Å². The summed E-state index contributed by atoms with van der Waals surface area (Å²) in [5.74, 6) is -0.356. The van der Waals surface area contributed by atoms with Crippen LogP contribution >= 0.6 is 0 Å². The predicted octanol–water partition coefficient (Wildman–Crippen LogP) is 4.98. The Bertz CT molecular complexity index is 1340. The average Bonchev–Trinajstić information content (AvgIpc) is 3.31. The number of fused-ring (bicyclic) bond motifs is 3. The lowest BCUT2D eigenvalue weighted by atomic mass is 10.1. The fourth-order valence-corrected chi connectivity index (χ4v) is 3.56. The molecule has 27 heavy (non-hydrogen) atoms. The van der Waals surface area contributed by atoms with Crippen LogP contribution in [0.25, 0.3) is 33.2 Å². The molecular formula is C22H13FN4. The Balaban J connectivity index is 1.88. The highest BCUT2D eigenvalue weighted by Crippen LogP contribution is 2.35. The lowest BCUT2D eigenvalue weighted by Gasteiger charge is -2.08. The standard InChI is InChI=1S/C22H13FN4/c23-22-20(26-13-12-15(14-24)25-26)11-10-19-21(22)17-8-4-5-9-18(17)27(19)16-6-2-1-3-7-16/h1-13H. The molecule has 5 rings (SSSR count). The molecule has 0 fully saturated rings. The van der Waals surface area contributed by atoms with Gasteiger partial charge in [0.2, 0.25) is 0 Å².